The molecule has 1 fully saturated rings. The summed E-state index contributed by atoms with van der Waals surface area (Å²) >= 11 is 0. The van der Waals surface area contributed by atoms with Gasteiger partial charge in [-0.2, -0.15) is 16.8 Å². The van der Waals surface area contributed by atoms with Crippen molar-refractivity contribution in [1.82, 2.24) is 0 Å². The molecule has 0 radical (unpaired) electrons. The van der Waals surface area contributed by atoms with Crippen LogP contribution in [-0.2, 0) is 56.5 Å². The fourth-order valence-corrected chi connectivity index (χ4v) is 6.35. The fraction of sp³-hybridized carbons (Fsp3) is 1.00. The molecular weight excluding hydrogens is 628 g/mol. The van der Waals surface area contributed by atoms with Gasteiger partial charge in [0.2, 0.25) is 0 Å². The van der Waals surface area contributed by atoms with Crippen molar-refractivity contribution in [2.75, 3.05) is 67.1 Å². The Bertz CT molecular complexity index is 944. The predicted molar refractivity (Wildman–Crippen MR) is 172 cm³/mol. The van der Waals surface area contributed by atoms with E-state index in [2.05, 4.69) is 37.5 Å². The lowest BCUT2D eigenvalue weighted by molar-refractivity contribution is -0.0569. The number of hydrogen-bond acceptors (Lipinski definition) is 12. The van der Waals surface area contributed by atoms with Gasteiger partial charge in [-0.1, -0.05) is 65.7 Å². The number of rotatable bonds is 28. The molecule has 0 spiro atoms. The van der Waals surface area contributed by atoms with E-state index in [1.165, 1.54) is 44.9 Å². The van der Waals surface area contributed by atoms with Gasteiger partial charge in [0, 0.05) is 13.2 Å². The van der Waals surface area contributed by atoms with E-state index < -0.39 is 20.8 Å². The molecular formula is C31H62O12S2. The summed E-state index contributed by atoms with van der Waals surface area (Å²) in [6.07, 6.45) is 10.7. The highest BCUT2D eigenvalue weighted by molar-refractivity contribution is 7.82. The maximum absolute atomic E-state index is 11.3. The van der Waals surface area contributed by atoms with Gasteiger partial charge >= 0.3 is 20.8 Å². The standard InChI is InChI=1S/C31H62O12S2/c1-25(2)10-8-11-26(3)12-9-13-29-14-15-30(23-38-21-27(4)40-16-18-42-44(32,33)36-6)31(20-29)24-39-22-28(5)41-17-19-43-45(34,35)37-7/h25-31H,8-24H2,1-7H3. The maximum atomic E-state index is 11.3. The normalized spacial score (nSPS) is 21.6. The first-order valence-corrected chi connectivity index (χ1v) is 19.2. The van der Waals surface area contributed by atoms with Crippen LogP contribution in [0.3, 0.4) is 0 Å². The van der Waals surface area contributed by atoms with Gasteiger partial charge in [-0.25, -0.2) is 8.37 Å². The molecule has 0 heterocycles. The van der Waals surface area contributed by atoms with Crippen LogP contribution in [0.5, 0.6) is 0 Å². The van der Waals surface area contributed by atoms with Crippen LogP contribution in [-0.4, -0.2) is 96.1 Å². The van der Waals surface area contributed by atoms with Gasteiger partial charge in [0.15, 0.2) is 0 Å². The highest BCUT2D eigenvalue weighted by Crippen LogP contribution is 2.37. The van der Waals surface area contributed by atoms with E-state index in [9.17, 15) is 16.8 Å². The lowest BCUT2D eigenvalue weighted by atomic mass is 9.73. The van der Waals surface area contributed by atoms with Crippen molar-refractivity contribution in [2.24, 2.45) is 29.6 Å². The molecule has 0 saturated heterocycles. The summed E-state index contributed by atoms with van der Waals surface area (Å²) in [6, 6.07) is 0. The quantitative estimate of drug-likeness (QED) is 0.0982. The summed E-state index contributed by atoms with van der Waals surface area (Å²) in [5.74, 6) is 2.95. The smallest absolute Gasteiger partial charge is 0.378 e. The fourth-order valence-electron chi connectivity index (χ4n) is 5.62. The van der Waals surface area contributed by atoms with Gasteiger partial charge in [0.25, 0.3) is 0 Å². The van der Waals surface area contributed by atoms with E-state index in [1.54, 1.807) is 0 Å². The minimum atomic E-state index is -3.97. The molecule has 12 nitrogen and oxygen atoms in total. The third-order valence-corrected chi connectivity index (χ3v) is 9.97. The first kappa shape index (κ1) is 42.6. The van der Waals surface area contributed by atoms with Crippen molar-refractivity contribution in [1.29, 1.82) is 0 Å². The third-order valence-electron chi connectivity index (χ3n) is 8.24. The van der Waals surface area contributed by atoms with E-state index >= 15 is 0 Å². The molecule has 6 unspecified atom stereocenters. The molecule has 1 aliphatic rings. The minimum Gasteiger partial charge on any atom is -0.378 e. The summed E-state index contributed by atoms with van der Waals surface area (Å²) in [5, 5.41) is 0. The summed E-state index contributed by atoms with van der Waals surface area (Å²) in [4.78, 5) is 0. The Morgan fingerprint density at radius 2 is 1.16 bits per heavy atom. The van der Waals surface area contributed by atoms with Crippen LogP contribution >= 0.6 is 0 Å². The molecule has 0 aromatic heterocycles. The van der Waals surface area contributed by atoms with Gasteiger partial charge in [0.05, 0.1) is 66.1 Å². The van der Waals surface area contributed by atoms with Crippen molar-refractivity contribution < 1.29 is 52.5 Å². The zero-order chi connectivity index (χ0) is 33.7. The zero-order valence-corrected chi connectivity index (χ0v) is 30.4. The Kier molecular flexibility index (Phi) is 22.6. The Morgan fingerprint density at radius 3 is 1.67 bits per heavy atom. The molecule has 0 amide bonds. The van der Waals surface area contributed by atoms with Crippen molar-refractivity contribution in [3.8, 4) is 0 Å². The number of ether oxygens (including phenoxy) is 4. The Morgan fingerprint density at radius 1 is 0.644 bits per heavy atom. The predicted octanol–water partition coefficient (Wildman–Crippen LogP) is 5.31. The summed E-state index contributed by atoms with van der Waals surface area (Å²) in [5.41, 5.74) is 0. The molecule has 270 valence electrons. The van der Waals surface area contributed by atoms with Crippen molar-refractivity contribution in [3.05, 3.63) is 0 Å². The van der Waals surface area contributed by atoms with Crippen LogP contribution in [0.1, 0.15) is 92.4 Å². The van der Waals surface area contributed by atoms with E-state index in [-0.39, 0.29) is 38.6 Å². The SMILES string of the molecule is COS(=O)(=O)OCCOC(C)COCC1CCC(CCCC(C)CCCC(C)C)CC1COCC(C)OCCOS(=O)(=O)OC. The Labute approximate surface area is 274 Å². The van der Waals surface area contributed by atoms with Crippen LogP contribution in [0, 0.1) is 29.6 Å². The van der Waals surface area contributed by atoms with Gasteiger partial charge in [-0.15, -0.1) is 0 Å². The van der Waals surface area contributed by atoms with Crippen LogP contribution in [0.4, 0.5) is 0 Å². The molecule has 0 aromatic carbocycles. The van der Waals surface area contributed by atoms with Gasteiger partial charge in [-0.05, 0) is 56.3 Å². The van der Waals surface area contributed by atoms with Gasteiger partial charge < -0.3 is 18.9 Å². The first-order chi connectivity index (χ1) is 21.3. The largest absolute Gasteiger partial charge is 0.399 e. The average Bonchev–Trinajstić information content (AvgIpc) is 2.98. The second-order valence-electron chi connectivity index (χ2n) is 12.8. The van der Waals surface area contributed by atoms with Crippen LogP contribution in [0.15, 0.2) is 0 Å². The molecule has 14 heteroatoms. The van der Waals surface area contributed by atoms with Crippen molar-refractivity contribution in [2.45, 2.75) is 105 Å². The molecule has 6 atom stereocenters. The highest BCUT2D eigenvalue weighted by Gasteiger charge is 2.31. The van der Waals surface area contributed by atoms with Crippen LogP contribution in [0.2, 0.25) is 0 Å². The second kappa shape index (κ2) is 23.8. The number of hydrogen-bond donors (Lipinski definition) is 0. The lowest BCUT2D eigenvalue weighted by Crippen LogP contribution is -2.33. The summed E-state index contributed by atoms with van der Waals surface area (Å²) in [7, 11) is -5.85. The molecule has 45 heavy (non-hydrogen) atoms. The van der Waals surface area contributed by atoms with E-state index in [4.69, 9.17) is 18.9 Å². The Hall–Kier alpha value is -0.420. The van der Waals surface area contributed by atoms with Crippen molar-refractivity contribution in [3.63, 3.8) is 0 Å². The monoisotopic (exact) mass is 690 g/mol. The van der Waals surface area contributed by atoms with Gasteiger partial charge in [-0.3, -0.25) is 8.37 Å². The average molecular weight is 691 g/mol. The minimum absolute atomic E-state index is 0.111. The lowest BCUT2D eigenvalue weighted by Gasteiger charge is -2.36. The molecule has 0 bridgehead atoms. The van der Waals surface area contributed by atoms with E-state index in [1.807, 2.05) is 13.8 Å². The molecule has 1 aliphatic carbocycles. The van der Waals surface area contributed by atoms with E-state index in [0.717, 1.165) is 38.9 Å². The third kappa shape index (κ3) is 22.0. The van der Waals surface area contributed by atoms with Crippen LogP contribution < -0.4 is 0 Å². The highest BCUT2D eigenvalue weighted by atomic mass is 32.3. The summed E-state index contributed by atoms with van der Waals surface area (Å²) < 4.78 is 86.2. The second-order valence-corrected chi connectivity index (χ2v) is 15.6. The zero-order valence-electron chi connectivity index (χ0n) is 28.8. The first-order valence-electron chi connectivity index (χ1n) is 16.5. The molecule has 1 rings (SSSR count). The maximum Gasteiger partial charge on any atom is 0.399 e. The molecule has 0 aliphatic heterocycles. The van der Waals surface area contributed by atoms with Crippen molar-refractivity contribution >= 4 is 20.8 Å². The Balaban J connectivity index is 2.51. The summed E-state index contributed by atoms with van der Waals surface area (Å²) in [6.45, 7) is 12.7. The molecule has 0 aromatic rings. The van der Waals surface area contributed by atoms with E-state index in [0.29, 0.717) is 44.2 Å². The molecule has 0 N–H and O–H groups in total. The topological polar surface area (TPSA) is 142 Å². The van der Waals surface area contributed by atoms with Crippen LogP contribution in [0.25, 0.3) is 0 Å². The van der Waals surface area contributed by atoms with Gasteiger partial charge in [0.1, 0.15) is 0 Å². The molecule has 1 saturated carbocycles.